The first kappa shape index (κ1) is 15.4. The Morgan fingerprint density at radius 1 is 0.889 bits per heavy atom. The predicted molar refractivity (Wildman–Crippen MR) is 102 cm³/mol. The first-order chi connectivity index (χ1) is 13.3. The minimum atomic E-state index is -0.170. The van der Waals surface area contributed by atoms with E-state index in [1.807, 2.05) is 60.7 Å². The van der Waals surface area contributed by atoms with E-state index in [1.165, 1.54) is 0 Å². The molecular formula is C22H13N3O2. The summed E-state index contributed by atoms with van der Waals surface area (Å²) in [7, 11) is 0. The Bertz CT molecular complexity index is 1290. The second kappa shape index (κ2) is 6.14. The molecule has 0 aliphatic rings. The lowest BCUT2D eigenvalue weighted by Gasteiger charge is -2.03. The number of para-hydroxylation sites is 1. The van der Waals surface area contributed by atoms with E-state index in [0.717, 1.165) is 16.5 Å². The number of nitrogens with zero attached hydrogens (tertiary/aromatic N) is 3. The van der Waals surface area contributed by atoms with Gasteiger partial charge in [0.15, 0.2) is 17.0 Å². The van der Waals surface area contributed by atoms with Crippen LogP contribution in [0.2, 0.25) is 0 Å². The summed E-state index contributed by atoms with van der Waals surface area (Å²) in [6, 6.07) is 20.7. The monoisotopic (exact) mass is 351 g/mol. The number of pyridine rings is 2. The van der Waals surface area contributed by atoms with Crippen molar-refractivity contribution in [3.63, 3.8) is 0 Å². The standard InChI is InChI=1S/C22H13N3O2/c26-19(16-12-15-8-4-5-9-18(15)24-13-16)17-10-11-23-21-20(17)27-22(25-21)14-6-2-1-3-7-14/h1-13H. The molecule has 0 unspecified atom stereocenters. The molecule has 0 aliphatic heterocycles. The number of benzene rings is 2. The van der Waals surface area contributed by atoms with Crippen molar-refractivity contribution in [3.8, 4) is 11.5 Å². The van der Waals surface area contributed by atoms with Gasteiger partial charge in [-0.1, -0.05) is 36.4 Å². The van der Waals surface area contributed by atoms with Gasteiger partial charge in [-0.05, 0) is 30.3 Å². The van der Waals surface area contributed by atoms with Gasteiger partial charge in [-0.25, -0.2) is 4.98 Å². The van der Waals surface area contributed by atoms with Gasteiger partial charge >= 0.3 is 0 Å². The molecule has 128 valence electrons. The fourth-order valence-electron chi connectivity index (χ4n) is 3.07. The van der Waals surface area contributed by atoms with Crippen LogP contribution in [0.15, 0.2) is 83.5 Å². The minimum Gasteiger partial charge on any atom is -0.434 e. The fourth-order valence-corrected chi connectivity index (χ4v) is 3.07. The van der Waals surface area contributed by atoms with Gasteiger partial charge in [0.25, 0.3) is 0 Å². The number of rotatable bonds is 3. The number of fused-ring (bicyclic) bond motifs is 2. The van der Waals surface area contributed by atoms with Crippen LogP contribution in [0.25, 0.3) is 33.6 Å². The van der Waals surface area contributed by atoms with Crippen LogP contribution >= 0.6 is 0 Å². The molecule has 27 heavy (non-hydrogen) atoms. The van der Waals surface area contributed by atoms with E-state index in [9.17, 15) is 4.79 Å². The van der Waals surface area contributed by atoms with Crippen LogP contribution in [0.1, 0.15) is 15.9 Å². The largest absolute Gasteiger partial charge is 0.434 e. The molecule has 0 atom stereocenters. The van der Waals surface area contributed by atoms with E-state index in [0.29, 0.717) is 28.2 Å². The third-order valence-electron chi connectivity index (χ3n) is 4.41. The zero-order chi connectivity index (χ0) is 18.2. The molecule has 2 aromatic carbocycles. The van der Waals surface area contributed by atoms with Gasteiger partial charge in [0, 0.05) is 28.9 Å². The maximum atomic E-state index is 13.1. The molecule has 0 saturated carbocycles. The molecule has 0 spiro atoms. The Morgan fingerprint density at radius 2 is 1.70 bits per heavy atom. The number of oxazole rings is 1. The highest BCUT2D eigenvalue weighted by Gasteiger charge is 2.19. The summed E-state index contributed by atoms with van der Waals surface area (Å²) in [5.74, 6) is 0.270. The molecule has 0 fully saturated rings. The average molecular weight is 351 g/mol. The molecule has 0 radical (unpaired) electrons. The first-order valence-corrected chi connectivity index (χ1v) is 8.50. The van der Waals surface area contributed by atoms with Crippen LogP contribution in [0.4, 0.5) is 0 Å². The molecule has 0 bridgehead atoms. The van der Waals surface area contributed by atoms with Crippen LogP contribution in [-0.4, -0.2) is 20.7 Å². The molecule has 3 heterocycles. The van der Waals surface area contributed by atoms with E-state index in [4.69, 9.17) is 4.42 Å². The summed E-state index contributed by atoms with van der Waals surface area (Å²) in [6.07, 6.45) is 3.16. The van der Waals surface area contributed by atoms with Crippen molar-refractivity contribution in [2.45, 2.75) is 0 Å². The predicted octanol–water partition coefficient (Wildman–Crippen LogP) is 4.67. The number of hydrogen-bond donors (Lipinski definition) is 0. The third-order valence-corrected chi connectivity index (χ3v) is 4.41. The molecule has 3 aromatic heterocycles. The summed E-state index contributed by atoms with van der Waals surface area (Å²) in [6.45, 7) is 0. The van der Waals surface area contributed by atoms with Crippen molar-refractivity contribution in [3.05, 3.63) is 90.3 Å². The first-order valence-electron chi connectivity index (χ1n) is 8.50. The molecule has 5 rings (SSSR count). The maximum absolute atomic E-state index is 13.1. The van der Waals surface area contributed by atoms with E-state index in [2.05, 4.69) is 15.0 Å². The van der Waals surface area contributed by atoms with Crippen molar-refractivity contribution in [1.82, 2.24) is 15.0 Å². The Morgan fingerprint density at radius 3 is 2.59 bits per heavy atom. The molecular weight excluding hydrogens is 338 g/mol. The molecule has 0 amide bonds. The van der Waals surface area contributed by atoms with Gasteiger partial charge in [-0.15, -0.1) is 0 Å². The van der Waals surface area contributed by atoms with E-state index in [1.54, 1.807) is 18.5 Å². The molecule has 0 aliphatic carbocycles. The second-order valence-electron chi connectivity index (χ2n) is 6.14. The lowest BCUT2D eigenvalue weighted by atomic mass is 10.0. The van der Waals surface area contributed by atoms with Gasteiger partial charge in [0.1, 0.15) is 0 Å². The van der Waals surface area contributed by atoms with Gasteiger partial charge < -0.3 is 4.42 Å². The zero-order valence-corrected chi connectivity index (χ0v) is 14.2. The van der Waals surface area contributed by atoms with Gasteiger partial charge in [-0.2, -0.15) is 4.98 Å². The summed E-state index contributed by atoms with van der Waals surface area (Å²) >= 11 is 0. The highest BCUT2D eigenvalue weighted by Crippen LogP contribution is 2.27. The Kier molecular flexibility index (Phi) is 3.50. The van der Waals surface area contributed by atoms with Crippen LogP contribution in [0.3, 0.4) is 0 Å². The van der Waals surface area contributed by atoms with Crippen molar-refractivity contribution < 1.29 is 9.21 Å². The number of aromatic nitrogens is 3. The van der Waals surface area contributed by atoms with Crippen molar-refractivity contribution in [2.75, 3.05) is 0 Å². The van der Waals surface area contributed by atoms with Crippen LogP contribution in [0, 0.1) is 0 Å². The quantitative estimate of drug-likeness (QED) is 0.442. The van der Waals surface area contributed by atoms with Gasteiger partial charge in [-0.3, -0.25) is 9.78 Å². The van der Waals surface area contributed by atoms with Crippen LogP contribution < -0.4 is 0 Å². The number of carbonyl (C=O) groups is 1. The Balaban J connectivity index is 1.63. The number of ketones is 1. The summed E-state index contributed by atoms with van der Waals surface area (Å²) in [5, 5.41) is 0.913. The zero-order valence-electron chi connectivity index (χ0n) is 14.2. The van der Waals surface area contributed by atoms with E-state index < -0.39 is 0 Å². The summed E-state index contributed by atoms with van der Waals surface area (Å²) in [5.41, 5.74) is 3.40. The molecule has 5 aromatic rings. The van der Waals surface area contributed by atoms with Gasteiger partial charge in [0.05, 0.1) is 11.1 Å². The van der Waals surface area contributed by atoms with Crippen molar-refractivity contribution in [2.24, 2.45) is 0 Å². The topological polar surface area (TPSA) is 68.9 Å². The van der Waals surface area contributed by atoms with E-state index >= 15 is 0 Å². The highest BCUT2D eigenvalue weighted by molar-refractivity contribution is 6.15. The minimum absolute atomic E-state index is 0.170. The van der Waals surface area contributed by atoms with Crippen molar-refractivity contribution in [1.29, 1.82) is 0 Å². The van der Waals surface area contributed by atoms with Crippen LogP contribution in [-0.2, 0) is 0 Å². The molecule has 0 saturated heterocycles. The highest BCUT2D eigenvalue weighted by atomic mass is 16.3. The Hall–Kier alpha value is -3.86. The number of carbonyl (C=O) groups excluding carboxylic acids is 1. The third kappa shape index (κ3) is 2.66. The molecule has 5 heteroatoms. The smallest absolute Gasteiger partial charge is 0.228 e. The fraction of sp³-hybridized carbons (Fsp3) is 0. The Labute approximate surface area is 154 Å². The second-order valence-corrected chi connectivity index (χ2v) is 6.14. The average Bonchev–Trinajstić information content (AvgIpc) is 3.18. The maximum Gasteiger partial charge on any atom is 0.228 e. The van der Waals surface area contributed by atoms with E-state index in [-0.39, 0.29) is 5.78 Å². The summed E-state index contributed by atoms with van der Waals surface area (Å²) < 4.78 is 5.90. The van der Waals surface area contributed by atoms with Crippen LogP contribution in [0.5, 0.6) is 0 Å². The van der Waals surface area contributed by atoms with Crippen molar-refractivity contribution >= 4 is 27.9 Å². The molecule has 0 N–H and O–H groups in total. The lowest BCUT2D eigenvalue weighted by Crippen LogP contribution is -2.03. The number of hydrogen-bond acceptors (Lipinski definition) is 5. The SMILES string of the molecule is O=C(c1cnc2ccccc2c1)c1ccnc2nc(-c3ccccc3)oc12. The normalized spacial score (nSPS) is 11.1. The molecule has 5 nitrogen and oxygen atoms in total. The summed E-state index contributed by atoms with van der Waals surface area (Å²) in [4.78, 5) is 26.1. The lowest BCUT2D eigenvalue weighted by molar-refractivity contribution is 0.103. The van der Waals surface area contributed by atoms with Gasteiger partial charge in [0.2, 0.25) is 5.89 Å².